The molecule has 18 heavy (non-hydrogen) atoms. The lowest BCUT2D eigenvalue weighted by Gasteiger charge is -2.23. The predicted molar refractivity (Wildman–Crippen MR) is 72.3 cm³/mol. The molecule has 0 bridgehead atoms. The number of sulfone groups is 1. The van der Waals surface area contributed by atoms with Crippen molar-refractivity contribution >= 4 is 20.7 Å². The summed E-state index contributed by atoms with van der Waals surface area (Å²) in [4.78, 5) is 0. The number of aryl methyl sites for hydroxylation is 1. The molecule has 1 aliphatic rings. The van der Waals surface area contributed by atoms with Crippen LogP contribution in [0.15, 0.2) is 30.5 Å². The molecule has 0 saturated carbocycles. The van der Waals surface area contributed by atoms with Crippen LogP contribution in [-0.4, -0.2) is 31.8 Å². The van der Waals surface area contributed by atoms with Gasteiger partial charge in [-0.1, -0.05) is 18.2 Å². The summed E-state index contributed by atoms with van der Waals surface area (Å²) >= 11 is 0. The summed E-state index contributed by atoms with van der Waals surface area (Å²) in [5.41, 5.74) is 1.99. The molecule has 1 aliphatic heterocycles. The smallest absolute Gasteiger partial charge is 0.159 e. The summed E-state index contributed by atoms with van der Waals surface area (Å²) < 4.78 is 26.4. The minimum absolute atomic E-state index is 0.223. The molecule has 1 N–H and O–H groups in total. The second-order valence-corrected chi connectivity index (χ2v) is 7.08. The Morgan fingerprint density at radius 1 is 1.33 bits per heavy atom. The van der Waals surface area contributed by atoms with Crippen molar-refractivity contribution in [3.63, 3.8) is 0 Å². The third kappa shape index (κ3) is 1.74. The molecule has 1 aromatic heterocycles. The Kier molecular flexibility index (Phi) is 2.68. The van der Waals surface area contributed by atoms with E-state index in [1.807, 2.05) is 42.1 Å². The minimum atomic E-state index is -3.03. The lowest BCUT2D eigenvalue weighted by molar-refractivity contribution is 0.552. The van der Waals surface area contributed by atoms with Gasteiger partial charge in [0.25, 0.3) is 0 Å². The molecule has 3 rings (SSSR count). The first kappa shape index (κ1) is 11.7. The van der Waals surface area contributed by atoms with Crippen LogP contribution in [0, 0.1) is 0 Å². The molecule has 4 nitrogen and oxygen atoms in total. The number of hydrogen-bond acceptors (Lipinski definition) is 3. The summed E-state index contributed by atoms with van der Waals surface area (Å²) in [5.74, 6) is 0.223. The molecule has 1 unspecified atom stereocenters. The van der Waals surface area contributed by atoms with Crippen molar-refractivity contribution in [1.82, 2.24) is 9.88 Å². The molecule has 5 heteroatoms. The van der Waals surface area contributed by atoms with Gasteiger partial charge >= 0.3 is 0 Å². The van der Waals surface area contributed by atoms with E-state index in [4.69, 9.17) is 0 Å². The number of benzene rings is 1. The van der Waals surface area contributed by atoms with Crippen LogP contribution in [-0.2, 0) is 16.9 Å². The Balaban J connectivity index is 2.20. The average molecular weight is 264 g/mol. The fourth-order valence-electron chi connectivity index (χ4n) is 2.65. The van der Waals surface area contributed by atoms with Gasteiger partial charge in [0.2, 0.25) is 0 Å². The van der Waals surface area contributed by atoms with E-state index in [0.29, 0.717) is 13.1 Å². The molecule has 0 amide bonds. The number of para-hydroxylation sites is 1. The Hall–Kier alpha value is -1.33. The summed E-state index contributed by atoms with van der Waals surface area (Å²) in [6.45, 7) is 1.07. The predicted octanol–water partition coefficient (Wildman–Crippen LogP) is 1.24. The summed E-state index contributed by atoms with van der Waals surface area (Å²) in [5, 5.41) is 3.79. The Morgan fingerprint density at radius 3 is 2.89 bits per heavy atom. The van der Waals surface area contributed by atoms with E-state index in [2.05, 4.69) is 5.32 Å². The third-order valence-electron chi connectivity index (χ3n) is 3.60. The van der Waals surface area contributed by atoms with Crippen molar-refractivity contribution in [1.29, 1.82) is 0 Å². The zero-order valence-corrected chi connectivity index (χ0v) is 11.1. The van der Waals surface area contributed by atoms with Crippen molar-refractivity contribution < 1.29 is 8.42 Å². The normalized spacial score (nSPS) is 23.3. The van der Waals surface area contributed by atoms with Crippen molar-refractivity contribution in [3.05, 3.63) is 36.0 Å². The minimum Gasteiger partial charge on any atom is -0.350 e. The highest BCUT2D eigenvalue weighted by Gasteiger charge is 2.32. The zero-order valence-electron chi connectivity index (χ0n) is 10.3. The van der Waals surface area contributed by atoms with Crippen LogP contribution in [0.3, 0.4) is 0 Å². The van der Waals surface area contributed by atoms with Crippen molar-refractivity contribution in [2.24, 2.45) is 7.05 Å². The molecule has 96 valence electrons. The van der Waals surface area contributed by atoms with Crippen LogP contribution in [0.2, 0.25) is 0 Å². The summed E-state index contributed by atoms with van der Waals surface area (Å²) in [7, 11) is -1.08. The fourth-order valence-corrected chi connectivity index (χ4v) is 4.31. The molecule has 2 heterocycles. The van der Waals surface area contributed by atoms with Gasteiger partial charge in [-0.05, 0) is 11.6 Å². The molecule has 1 fully saturated rings. The number of hydrogen-bond donors (Lipinski definition) is 1. The van der Waals surface area contributed by atoms with E-state index in [9.17, 15) is 8.42 Å². The summed E-state index contributed by atoms with van der Waals surface area (Å²) in [6, 6.07) is 7.94. The molecular weight excluding hydrogens is 248 g/mol. The third-order valence-corrected chi connectivity index (χ3v) is 5.66. The molecular formula is C13H16N2O2S. The average Bonchev–Trinajstić information content (AvgIpc) is 2.67. The monoisotopic (exact) mass is 264 g/mol. The maximum atomic E-state index is 12.2. The van der Waals surface area contributed by atoms with Gasteiger partial charge in [-0.2, -0.15) is 0 Å². The van der Waals surface area contributed by atoms with Crippen LogP contribution >= 0.6 is 0 Å². The summed E-state index contributed by atoms with van der Waals surface area (Å²) in [6.07, 6.45) is 1.94. The number of rotatable bonds is 1. The molecule has 1 saturated heterocycles. The van der Waals surface area contributed by atoms with E-state index in [-0.39, 0.29) is 5.75 Å². The van der Waals surface area contributed by atoms with Crippen molar-refractivity contribution in [2.45, 2.75) is 5.25 Å². The maximum Gasteiger partial charge on any atom is 0.159 e. The highest BCUT2D eigenvalue weighted by Crippen LogP contribution is 2.31. The van der Waals surface area contributed by atoms with Crippen molar-refractivity contribution in [2.75, 3.05) is 18.8 Å². The van der Waals surface area contributed by atoms with E-state index in [1.54, 1.807) is 0 Å². The highest BCUT2D eigenvalue weighted by atomic mass is 32.2. The van der Waals surface area contributed by atoms with E-state index in [0.717, 1.165) is 16.5 Å². The molecule has 1 aromatic carbocycles. The van der Waals surface area contributed by atoms with E-state index >= 15 is 0 Å². The topological polar surface area (TPSA) is 51.1 Å². The number of aromatic nitrogens is 1. The Morgan fingerprint density at radius 2 is 2.11 bits per heavy atom. The van der Waals surface area contributed by atoms with E-state index < -0.39 is 15.1 Å². The highest BCUT2D eigenvalue weighted by molar-refractivity contribution is 7.91. The van der Waals surface area contributed by atoms with E-state index in [1.165, 1.54) is 0 Å². The second kappa shape index (κ2) is 4.10. The van der Waals surface area contributed by atoms with Gasteiger partial charge in [-0.25, -0.2) is 8.42 Å². The Bertz CT molecular complexity index is 688. The standard InChI is InChI=1S/C13H16N2O2S/c1-15-9-11(10-4-2-3-5-12(10)15)13-8-14-6-7-18(13,16)17/h2-5,9,13-14H,6-8H2,1H3. The van der Waals surface area contributed by atoms with Gasteiger partial charge < -0.3 is 9.88 Å². The van der Waals surface area contributed by atoms with Gasteiger partial charge in [-0.15, -0.1) is 0 Å². The second-order valence-electron chi connectivity index (χ2n) is 4.77. The van der Waals surface area contributed by atoms with Crippen LogP contribution < -0.4 is 5.32 Å². The number of fused-ring (bicyclic) bond motifs is 1. The molecule has 1 atom stereocenters. The molecule has 0 aliphatic carbocycles. The van der Waals surface area contributed by atoms with Gasteiger partial charge in [0.05, 0.1) is 5.75 Å². The molecule has 0 radical (unpaired) electrons. The Labute approximate surface area is 107 Å². The SMILES string of the molecule is Cn1cc(C2CNCCS2(=O)=O)c2ccccc21. The lowest BCUT2D eigenvalue weighted by atomic mass is 10.1. The number of nitrogens with zero attached hydrogens (tertiary/aromatic N) is 1. The van der Waals surface area contributed by atoms with Crippen molar-refractivity contribution in [3.8, 4) is 0 Å². The molecule has 0 spiro atoms. The first-order chi connectivity index (χ1) is 8.59. The van der Waals surface area contributed by atoms with Crippen LogP contribution in [0.5, 0.6) is 0 Å². The fraction of sp³-hybridized carbons (Fsp3) is 0.385. The lowest BCUT2D eigenvalue weighted by Crippen LogP contribution is -2.38. The van der Waals surface area contributed by atoms with Gasteiger partial charge in [0.1, 0.15) is 5.25 Å². The first-order valence-electron chi connectivity index (χ1n) is 6.06. The quantitative estimate of drug-likeness (QED) is 0.843. The maximum absolute atomic E-state index is 12.2. The first-order valence-corrected chi connectivity index (χ1v) is 7.77. The van der Waals surface area contributed by atoms with Gasteiger partial charge in [0, 0.05) is 37.2 Å². The van der Waals surface area contributed by atoms with Gasteiger partial charge in [-0.3, -0.25) is 0 Å². The van der Waals surface area contributed by atoms with Crippen LogP contribution in [0.4, 0.5) is 0 Å². The van der Waals surface area contributed by atoms with Gasteiger partial charge in [0.15, 0.2) is 9.84 Å². The van der Waals surface area contributed by atoms with Crippen LogP contribution in [0.25, 0.3) is 10.9 Å². The van der Waals surface area contributed by atoms with Crippen LogP contribution in [0.1, 0.15) is 10.8 Å². The number of nitrogens with one attached hydrogen (secondary N) is 1. The largest absolute Gasteiger partial charge is 0.350 e. The zero-order chi connectivity index (χ0) is 12.8. The molecule has 2 aromatic rings.